The fraction of sp³-hybridized carbons (Fsp3) is 0.600. The Morgan fingerprint density at radius 2 is 1.79 bits per heavy atom. The number of hydrogen-bond donors (Lipinski definition) is 0. The summed E-state index contributed by atoms with van der Waals surface area (Å²) in [6, 6.07) is 2.09. The van der Waals surface area contributed by atoms with E-state index in [0.29, 0.717) is 43.9 Å². The van der Waals surface area contributed by atoms with Crippen LogP contribution in [0.4, 0.5) is 5.82 Å². The topological polar surface area (TPSA) is 89.5 Å². The predicted molar refractivity (Wildman–Crippen MR) is 83.7 cm³/mol. The van der Waals surface area contributed by atoms with Crippen LogP contribution >= 0.6 is 0 Å². The van der Waals surface area contributed by atoms with Crippen LogP contribution in [0.1, 0.15) is 29.4 Å². The Balaban J connectivity index is 1.37. The van der Waals surface area contributed by atoms with Gasteiger partial charge in [-0.05, 0) is 12.8 Å². The van der Waals surface area contributed by atoms with Gasteiger partial charge in [0, 0.05) is 38.3 Å². The van der Waals surface area contributed by atoms with Gasteiger partial charge >= 0.3 is 0 Å². The molecule has 2 aliphatic heterocycles. The number of nitrogens with zero attached hydrogens (tertiary/aromatic N) is 6. The molecule has 2 aromatic rings. The molecule has 24 heavy (non-hydrogen) atoms. The summed E-state index contributed by atoms with van der Waals surface area (Å²) in [6.07, 6.45) is 5.23. The van der Waals surface area contributed by atoms with Crippen LogP contribution in [0.25, 0.3) is 0 Å². The number of amides is 1. The van der Waals surface area contributed by atoms with Crippen LogP contribution in [0, 0.1) is 0 Å². The standard InChI is InChI=1S/C15H20N6O3/c22-15(13-9-14(18-24-13)19-5-7-23-8-6-19)20-3-1-12(2-4-20)21-10-16-17-11-21/h9-12H,1-8H2. The smallest absolute Gasteiger partial charge is 0.292 e. The van der Waals surface area contributed by atoms with Gasteiger partial charge in [-0.3, -0.25) is 4.79 Å². The van der Waals surface area contributed by atoms with Crippen molar-refractivity contribution < 1.29 is 14.1 Å². The maximum absolute atomic E-state index is 12.6. The molecule has 0 radical (unpaired) electrons. The molecule has 2 fully saturated rings. The summed E-state index contributed by atoms with van der Waals surface area (Å²) in [5, 5.41) is 11.7. The Morgan fingerprint density at radius 1 is 1.08 bits per heavy atom. The fourth-order valence-corrected chi connectivity index (χ4v) is 3.23. The molecular formula is C15H20N6O3. The molecule has 0 aromatic carbocycles. The van der Waals surface area contributed by atoms with Gasteiger partial charge in [-0.1, -0.05) is 5.16 Å². The van der Waals surface area contributed by atoms with Gasteiger partial charge in [0.15, 0.2) is 5.82 Å². The maximum atomic E-state index is 12.6. The molecule has 9 heteroatoms. The number of ether oxygens (including phenoxy) is 1. The van der Waals surface area contributed by atoms with E-state index in [9.17, 15) is 4.79 Å². The maximum Gasteiger partial charge on any atom is 0.292 e. The monoisotopic (exact) mass is 332 g/mol. The van der Waals surface area contributed by atoms with Crippen LogP contribution in [0.5, 0.6) is 0 Å². The van der Waals surface area contributed by atoms with E-state index >= 15 is 0 Å². The van der Waals surface area contributed by atoms with Crippen molar-refractivity contribution in [1.82, 2.24) is 24.8 Å². The van der Waals surface area contributed by atoms with E-state index in [1.54, 1.807) is 18.7 Å². The van der Waals surface area contributed by atoms with Crippen molar-refractivity contribution >= 4 is 11.7 Å². The van der Waals surface area contributed by atoms with Gasteiger partial charge in [0.2, 0.25) is 5.76 Å². The lowest BCUT2D eigenvalue weighted by molar-refractivity contribution is 0.0652. The molecule has 2 aliphatic rings. The summed E-state index contributed by atoms with van der Waals surface area (Å²) in [5.41, 5.74) is 0. The molecule has 0 aliphatic carbocycles. The Labute approximate surface area is 139 Å². The minimum atomic E-state index is -0.0933. The summed E-state index contributed by atoms with van der Waals surface area (Å²) in [7, 11) is 0. The summed E-state index contributed by atoms with van der Waals surface area (Å²) in [4.78, 5) is 16.5. The van der Waals surface area contributed by atoms with Crippen molar-refractivity contribution in [3.05, 3.63) is 24.5 Å². The van der Waals surface area contributed by atoms with Crippen LogP contribution in [0.3, 0.4) is 0 Å². The Hall–Kier alpha value is -2.42. The van der Waals surface area contributed by atoms with Gasteiger partial charge in [0.25, 0.3) is 5.91 Å². The Morgan fingerprint density at radius 3 is 2.50 bits per heavy atom. The zero-order valence-electron chi connectivity index (χ0n) is 13.4. The van der Waals surface area contributed by atoms with Crippen molar-refractivity contribution in [3.8, 4) is 0 Å². The molecule has 1 amide bonds. The number of morpholine rings is 1. The van der Waals surface area contributed by atoms with Crippen molar-refractivity contribution in [2.75, 3.05) is 44.3 Å². The van der Waals surface area contributed by atoms with Crippen molar-refractivity contribution in [2.24, 2.45) is 0 Å². The SMILES string of the molecule is O=C(c1cc(N2CCOCC2)no1)N1CCC(n2cnnc2)CC1. The average molecular weight is 332 g/mol. The number of piperidine rings is 1. The van der Waals surface area contributed by atoms with E-state index in [2.05, 4.69) is 20.3 Å². The van der Waals surface area contributed by atoms with Crippen molar-refractivity contribution in [1.29, 1.82) is 0 Å². The van der Waals surface area contributed by atoms with Crippen LogP contribution in [-0.2, 0) is 4.74 Å². The van der Waals surface area contributed by atoms with Crippen LogP contribution in [0.15, 0.2) is 23.2 Å². The van der Waals surface area contributed by atoms with Gasteiger partial charge in [-0.15, -0.1) is 10.2 Å². The first-order valence-electron chi connectivity index (χ1n) is 8.24. The lowest BCUT2D eigenvalue weighted by atomic mass is 10.0. The lowest BCUT2D eigenvalue weighted by Gasteiger charge is -2.31. The van der Waals surface area contributed by atoms with Gasteiger partial charge in [-0.25, -0.2) is 0 Å². The first kappa shape index (κ1) is 15.1. The number of carbonyl (C=O) groups is 1. The normalized spacial score (nSPS) is 19.7. The van der Waals surface area contributed by atoms with E-state index in [4.69, 9.17) is 9.26 Å². The van der Waals surface area contributed by atoms with Gasteiger partial charge in [0.05, 0.1) is 13.2 Å². The third-order valence-corrected chi connectivity index (χ3v) is 4.65. The van der Waals surface area contributed by atoms with Gasteiger partial charge < -0.3 is 23.6 Å². The molecule has 0 unspecified atom stereocenters. The fourth-order valence-electron chi connectivity index (χ4n) is 3.23. The molecule has 0 bridgehead atoms. The number of carbonyl (C=O) groups excluding carboxylic acids is 1. The molecule has 0 spiro atoms. The summed E-state index contributed by atoms with van der Waals surface area (Å²) < 4.78 is 12.6. The first-order chi connectivity index (χ1) is 11.8. The molecule has 4 heterocycles. The number of rotatable bonds is 3. The number of likely N-dealkylation sites (tertiary alicyclic amines) is 1. The summed E-state index contributed by atoms with van der Waals surface area (Å²) in [5.74, 6) is 0.921. The molecule has 0 atom stereocenters. The van der Waals surface area contributed by atoms with Crippen LogP contribution in [-0.4, -0.2) is 70.1 Å². The molecule has 9 nitrogen and oxygen atoms in total. The minimum Gasteiger partial charge on any atom is -0.378 e. The summed E-state index contributed by atoms with van der Waals surface area (Å²) in [6.45, 7) is 4.26. The van der Waals surface area contributed by atoms with Crippen molar-refractivity contribution in [2.45, 2.75) is 18.9 Å². The van der Waals surface area contributed by atoms with Gasteiger partial charge in [0.1, 0.15) is 12.7 Å². The van der Waals surface area contributed by atoms with E-state index in [1.165, 1.54) is 0 Å². The molecule has 2 aromatic heterocycles. The third kappa shape index (κ3) is 2.99. The van der Waals surface area contributed by atoms with Gasteiger partial charge in [-0.2, -0.15) is 0 Å². The van der Waals surface area contributed by atoms with E-state index < -0.39 is 0 Å². The second-order valence-corrected chi connectivity index (χ2v) is 6.08. The zero-order chi connectivity index (χ0) is 16.4. The van der Waals surface area contributed by atoms with E-state index in [-0.39, 0.29) is 5.91 Å². The molecule has 0 N–H and O–H groups in total. The molecule has 128 valence electrons. The Bertz CT molecular complexity index is 671. The quantitative estimate of drug-likeness (QED) is 0.812. The van der Waals surface area contributed by atoms with Crippen LogP contribution in [0.2, 0.25) is 0 Å². The lowest BCUT2D eigenvalue weighted by Crippen LogP contribution is -2.39. The first-order valence-corrected chi connectivity index (χ1v) is 8.24. The molecule has 4 rings (SSSR count). The predicted octanol–water partition coefficient (Wildman–Crippen LogP) is 0.580. The van der Waals surface area contributed by atoms with E-state index in [1.807, 2.05) is 9.47 Å². The zero-order valence-corrected chi connectivity index (χ0v) is 13.4. The number of aromatic nitrogens is 4. The second-order valence-electron chi connectivity index (χ2n) is 6.08. The molecular weight excluding hydrogens is 312 g/mol. The molecule has 2 saturated heterocycles. The third-order valence-electron chi connectivity index (χ3n) is 4.65. The number of anilines is 1. The highest BCUT2D eigenvalue weighted by atomic mass is 16.5. The summed E-state index contributed by atoms with van der Waals surface area (Å²) >= 11 is 0. The average Bonchev–Trinajstić information content (AvgIpc) is 3.34. The van der Waals surface area contributed by atoms with Crippen molar-refractivity contribution in [3.63, 3.8) is 0 Å². The minimum absolute atomic E-state index is 0.0933. The highest BCUT2D eigenvalue weighted by molar-refractivity contribution is 5.92. The second kappa shape index (κ2) is 6.60. The largest absolute Gasteiger partial charge is 0.378 e. The number of hydrogen-bond acceptors (Lipinski definition) is 7. The van der Waals surface area contributed by atoms with E-state index in [0.717, 1.165) is 25.9 Å². The Kier molecular flexibility index (Phi) is 4.16. The molecule has 0 saturated carbocycles. The highest BCUT2D eigenvalue weighted by Crippen LogP contribution is 2.24. The van der Waals surface area contributed by atoms with Crippen LogP contribution < -0.4 is 4.90 Å². The highest BCUT2D eigenvalue weighted by Gasteiger charge is 2.27.